The molecular formula is C22H32N4O4. The third-order valence-corrected chi connectivity index (χ3v) is 5.67. The zero-order chi connectivity index (χ0) is 21.5. The molecule has 2 amide bonds. The van der Waals surface area contributed by atoms with E-state index in [1.807, 2.05) is 26.8 Å². The molecule has 0 aromatic heterocycles. The highest BCUT2D eigenvalue weighted by atomic mass is 16.6. The highest BCUT2D eigenvalue weighted by Gasteiger charge is 2.35. The molecule has 1 saturated carbocycles. The van der Waals surface area contributed by atoms with Crippen LogP contribution in [0.25, 0.3) is 0 Å². The first-order chi connectivity index (χ1) is 14.2. The number of fused-ring (bicyclic) bond motifs is 1. The molecule has 30 heavy (non-hydrogen) atoms. The van der Waals surface area contributed by atoms with Crippen LogP contribution in [0.3, 0.4) is 0 Å². The first-order valence-corrected chi connectivity index (χ1v) is 10.8. The van der Waals surface area contributed by atoms with Crippen LogP contribution in [-0.2, 0) is 15.9 Å². The van der Waals surface area contributed by atoms with E-state index in [0.29, 0.717) is 50.1 Å². The Balaban J connectivity index is 1.46. The average Bonchev–Trinajstić information content (AvgIpc) is 3.48. The van der Waals surface area contributed by atoms with Gasteiger partial charge in [-0.3, -0.25) is 9.69 Å². The topological polar surface area (TPSA) is 97.1 Å². The maximum atomic E-state index is 13.2. The number of hydrogen-bond donors (Lipinski definition) is 2. The van der Waals surface area contributed by atoms with Gasteiger partial charge in [-0.2, -0.15) is 0 Å². The molecule has 4 rings (SSSR count). The van der Waals surface area contributed by atoms with Crippen LogP contribution in [0.4, 0.5) is 16.2 Å². The van der Waals surface area contributed by atoms with Gasteiger partial charge in [0.1, 0.15) is 5.60 Å². The Hall–Kier alpha value is -2.48. The van der Waals surface area contributed by atoms with Crippen LogP contribution in [0.2, 0.25) is 0 Å². The number of nitrogens with one attached hydrogen (secondary N) is 1. The predicted molar refractivity (Wildman–Crippen MR) is 115 cm³/mol. The summed E-state index contributed by atoms with van der Waals surface area (Å²) in [5.41, 5.74) is 8.85. The third kappa shape index (κ3) is 4.64. The van der Waals surface area contributed by atoms with E-state index >= 15 is 0 Å². The van der Waals surface area contributed by atoms with Gasteiger partial charge in [0, 0.05) is 31.2 Å². The first-order valence-electron chi connectivity index (χ1n) is 10.8. The van der Waals surface area contributed by atoms with Gasteiger partial charge in [0.15, 0.2) is 0 Å². The Morgan fingerprint density at radius 3 is 2.77 bits per heavy atom. The average molecular weight is 417 g/mol. The normalized spacial score (nSPS) is 22.0. The maximum absolute atomic E-state index is 13.2. The Bertz CT molecular complexity index is 831. The van der Waals surface area contributed by atoms with E-state index in [-0.39, 0.29) is 18.0 Å². The molecule has 2 fully saturated rings. The number of amides is 2. The van der Waals surface area contributed by atoms with Gasteiger partial charge in [-0.25, -0.2) is 4.79 Å². The first kappa shape index (κ1) is 20.8. The van der Waals surface area contributed by atoms with E-state index in [4.69, 9.17) is 15.2 Å². The molecule has 0 radical (unpaired) electrons. The van der Waals surface area contributed by atoms with Crippen LogP contribution in [0.1, 0.15) is 49.5 Å². The van der Waals surface area contributed by atoms with Crippen LogP contribution >= 0.6 is 0 Å². The van der Waals surface area contributed by atoms with Gasteiger partial charge in [-0.1, -0.05) is 0 Å². The van der Waals surface area contributed by atoms with Crippen LogP contribution in [-0.4, -0.2) is 72.3 Å². The Labute approximate surface area is 177 Å². The fourth-order valence-electron chi connectivity index (χ4n) is 3.96. The highest BCUT2D eigenvalue weighted by Crippen LogP contribution is 2.32. The Morgan fingerprint density at radius 1 is 1.30 bits per heavy atom. The van der Waals surface area contributed by atoms with Gasteiger partial charge in [0.05, 0.1) is 30.6 Å². The summed E-state index contributed by atoms with van der Waals surface area (Å²) in [6.45, 7) is 7.90. The van der Waals surface area contributed by atoms with Gasteiger partial charge in [-0.05, 0) is 57.7 Å². The SMILES string of the molecule is CC(C)(C)OC(=O)N1CCOC[C@@H]1CN1CCc2cc(NC3CC3)c(N)cc2C1=O. The van der Waals surface area contributed by atoms with Crippen molar-refractivity contribution < 1.29 is 19.1 Å². The smallest absolute Gasteiger partial charge is 0.410 e. The lowest BCUT2D eigenvalue weighted by Gasteiger charge is -2.40. The molecule has 1 saturated heterocycles. The minimum atomic E-state index is -0.566. The molecule has 0 unspecified atom stereocenters. The summed E-state index contributed by atoms with van der Waals surface area (Å²) in [5, 5.41) is 3.44. The minimum absolute atomic E-state index is 0.0457. The number of rotatable bonds is 4. The monoisotopic (exact) mass is 416 g/mol. The van der Waals surface area contributed by atoms with E-state index in [9.17, 15) is 9.59 Å². The molecule has 2 aliphatic heterocycles. The molecule has 1 aliphatic carbocycles. The van der Waals surface area contributed by atoms with Crippen molar-refractivity contribution in [3.63, 3.8) is 0 Å². The highest BCUT2D eigenvalue weighted by molar-refractivity contribution is 5.99. The second-order valence-corrected chi connectivity index (χ2v) is 9.42. The van der Waals surface area contributed by atoms with Crippen LogP contribution in [0.5, 0.6) is 0 Å². The van der Waals surface area contributed by atoms with Crippen molar-refractivity contribution in [2.24, 2.45) is 0 Å². The predicted octanol–water partition coefficient (Wildman–Crippen LogP) is 2.48. The molecule has 1 aromatic carbocycles. The Kier molecular flexibility index (Phi) is 5.53. The van der Waals surface area contributed by atoms with Crippen molar-refractivity contribution in [1.29, 1.82) is 0 Å². The molecule has 0 bridgehead atoms. The van der Waals surface area contributed by atoms with E-state index < -0.39 is 5.60 Å². The molecule has 3 aliphatic rings. The lowest BCUT2D eigenvalue weighted by molar-refractivity contribution is -0.0382. The largest absolute Gasteiger partial charge is 0.444 e. The number of anilines is 2. The molecule has 8 nitrogen and oxygen atoms in total. The van der Waals surface area contributed by atoms with Crippen LogP contribution in [0, 0.1) is 0 Å². The number of benzene rings is 1. The summed E-state index contributed by atoms with van der Waals surface area (Å²) in [7, 11) is 0. The lowest BCUT2D eigenvalue weighted by Crippen LogP contribution is -2.56. The van der Waals surface area contributed by atoms with Gasteiger partial charge >= 0.3 is 6.09 Å². The summed E-state index contributed by atoms with van der Waals surface area (Å²) >= 11 is 0. The van der Waals surface area contributed by atoms with E-state index in [0.717, 1.165) is 17.7 Å². The van der Waals surface area contributed by atoms with Crippen molar-refractivity contribution in [3.05, 3.63) is 23.3 Å². The van der Waals surface area contributed by atoms with E-state index in [1.165, 1.54) is 12.8 Å². The number of carbonyl (C=O) groups is 2. The second kappa shape index (κ2) is 7.98. The molecule has 3 N–H and O–H groups in total. The van der Waals surface area contributed by atoms with E-state index in [1.54, 1.807) is 15.9 Å². The number of hydrogen-bond acceptors (Lipinski definition) is 6. The van der Waals surface area contributed by atoms with Gasteiger partial charge in [0.2, 0.25) is 0 Å². The number of nitrogen functional groups attached to an aromatic ring is 1. The number of morpholine rings is 1. The quantitative estimate of drug-likeness (QED) is 0.732. The van der Waals surface area contributed by atoms with Crippen LogP contribution in [0.15, 0.2) is 12.1 Å². The van der Waals surface area contributed by atoms with E-state index in [2.05, 4.69) is 5.32 Å². The maximum Gasteiger partial charge on any atom is 0.410 e. The third-order valence-electron chi connectivity index (χ3n) is 5.67. The molecular weight excluding hydrogens is 384 g/mol. The summed E-state index contributed by atoms with van der Waals surface area (Å²) in [4.78, 5) is 29.3. The fraction of sp³-hybridized carbons (Fsp3) is 0.636. The van der Waals surface area contributed by atoms with Crippen molar-refractivity contribution in [3.8, 4) is 0 Å². The van der Waals surface area contributed by atoms with Crippen LogP contribution < -0.4 is 11.1 Å². The standard InChI is InChI=1S/C22H32N4O4/c1-22(2,3)30-21(28)26-8-9-29-13-16(26)12-25-7-6-14-10-19(24-15-4-5-15)18(23)11-17(14)20(25)27/h10-11,15-16,24H,4-9,12-13,23H2,1-3H3/t16-/m0/s1. The lowest BCUT2D eigenvalue weighted by atomic mass is 9.96. The molecule has 164 valence electrons. The van der Waals surface area contributed by atoms with Crippen molar-refractivity contribution >= 4 is 23.4 Å². The number of ether oxygens (including phenoxy) is 2. The number of nitrogens with zero attached hydrogens (tertiary/aromatic N) is 2. The second-order valence-electron chi connectivity index (χ2n) is 9.42. The molecule has 0 spiro atoms. The number of nitrogens with two attached hydrogens (primary N) is 1. The van der Waals surface area contributed by atoms with Gasteiger partial charge in [0.25, 0.3) is 5.91 Å². The summed E-state index contributed by atoms with van der Waals surface area (Å²) in [6.07, 6.45) is 2.74. The molecule has 1 aromatic rings. The fourth-order valence-corrected chi connectivity index (χ4v) is 3.96. The van der Waals surface area contributed by atoms with Crippen molar-refractivity contribution in [1.82, 2.24) is 9.80 Å². The zero-order valence-electron chi connectivity index (χ0n) is 18.1. The molecule has 8 heteroatoms. The summed E-state index contributed by atoms with van der Waals surface area (Å²) < 4.78 is 11.2. The number of carbonyl (C=O) groups excluding carboxylic acids is 2. The zero-order valence-corrected chi connectivity index (χ0v) is 18.1. The van der Waals surface area contributed by atoms with Gasteiger partial charge < -0.3 is 25.4 Å². The molecule has 2 heterocycles. The van der Waals surface area contributed by atoms with Gasteiger partial charge in [-0.15, -0.1) is 0 Å². The van der Waals surface area contributed by atoms with Crippen molar-refractivity contribution in [2.75, 3.05) is 43.9 Å². The van der Waals surface area contributed by atoms with Crippen molar-refractivity contribution in [2.45, 2.75) is 57.7 Å². The summed E-state index contributed by atoms with van der Waals surface area (Å²) in [6, 6.07) is 4.09. The Morgan fingerprint density at radius 2 is 2.07 bits per heavy atom. The summed E-state index contributed by atoms with van der Waals surface area (Å²) in [5.74, 6) is -0.0457. The molecule has 1 atom stereocenters. The minimum Gasteiger partial charge on any atom is -0.444 e.